The van der Waals surface area contributed by atoms with Crippen molar-refractivity contribution in [1.29, 1.82) is 0 Å². The highest BCUT2D eigenvalue weighted by atomic mass is 35.5. The Hall–Kier alpha value is -2.36. The zero-order valence-corrected chi connectivity index (χ0v) is 22.1. The zero-order chi connectivity index (χ0) is 26.2. The van der Waals surface area contributed by atoms with Crippen LogP contribution in [-0.4, -0.2) is 61.0 Å². The maximum absolute atomic E-state index is 11.6. The lowest BCUT2D eigenvalue weighted by molar-refractivity contribution is -0.138. The van der Waals surface area contributed by atoms with Gasteiger partial charge in [0.05, 0.1) is 0 Å². The van der Waals surface area contributed by atoms with Crippen molar-refractivity contribution >= 4 is 40.8 Å². The van der Waals surface area contributed by atoms with E-state index in [9.17, 15) is 9.59 Å². The molecule has 0 spiro atoms. The summed E-state index contributed by atoms with van der Waals surface area (Å²) in [7, 11) is 1.82. The lowest BCUT2D eigenvalue weighted by atomic mass is 10.1. The number of hydrogen-bond acceptors (Lipinski definition) is 6. The Bertz CT molecular complexity index is 874. The molecule has 0 saturated heterocycles. The number of nitrogens with two attached hydrogens (primary N) is 1. The van der Waals surface area contributed by atoms with Gasteiger partial charge in [-0.3, -0.25) is 20.4 Å². The summed E-state index contributed by atoms with van der Waals surface area (Å²) in [4.78, 5) is 24.4. The second kappa shape index (κ2) is 17.1. The normalized spacial score (nSPS) is 11.4. The van der Waals surface area contributed by atoms with Crippen LogP contribution in [0.1, 0.15) is 35.3 Å². The fourth-order valence-corrected chi connectivity index (χ4v) is 3.48. The molecule has 0 aliphatic heterocycles. The maximum Gasteiger partial charge on any atom is 0.320 e. The molecule has 0 fully saturated rings. The first kappa shape index (κ1) is 30.7. The molecule has 0 aliphatic carbocycles. The third-order valence-corrected chi connectivity index (χ3v) is 5.23. The molecular formula is C25H37Cl2N5O3. The van der Waals surface area contributed by atoms with Crippen LogP contribution in [0.4, 0.5) is 5.69 Å². The Balaban J connectivity index is 0.000000355. The maximum atomic E-state index is 11.6. The summed E-state index contributed by atoms with van der Waals surface area (Å²) in [6, 6.07) is 14.5. The minimum atomic E-state index is -0.991. The number of nitrogens with one attached hydrogen (secondary N) is 3. The lowest BCUT2D eigenvalue weighted by Crippen LogP contribution is -2.32. The smallest absolute Gasteiger partial charge is 0.320 e. The number of carboxylic acids is 1. The van der Waals surface area contributed by atoms with Gasteiger partial charge in [0, 0.05) is 48.7 Å². The molecule has 1 atom stereocenters. The number of carboxylic acid groups (broad SMARTS) is 1. The van der Waals surface area contributed by atoms with Gasteiger partial charge < -0.3 is 21.1 Å². The quantitative estimate of drug-likeness (QED) is 0.201. The van der Waals surface area contributed by atoms with Crippen molar-refractivity contribution < 1.29 is 14.7 Å². The van der Waals surface area contributed by atoms with Crippen molar-refractivity contribution in [3.8, 4) is 0 Å². The van der Waals surface area contributed by atoms with E-state index in [2.05, 4.69) is 21.1 Å². The minimum Gasteiger partial charge on any atom is -0.480 e. The molecular weight excluding hydrogens is 489 g/mol. The van der Waals surface area contributed by atoms with E-state index in [1.807, 2.05) is 69.4 Å². The molecule has 194 valence electrons. The molecule has 35 heavy (non-hydrogen) atoms. The molecule has 0 heterocycles. The molecule has 2 aromatic rings. The molecule has 8 nitrogen and oxygen atoms in total. The third kappa shape index (κ3) is 12.2. The largest absolute Gasteiger partial charge is 0.480 e. The van der Waals surface area contributed by atoms with E-state index in [1.165, 1.54) is 0 Å². The fourth-order valence-electron chi connectivity index (χ4n) is 3.07. The molecule has 0 aromatic heterocycles. The van der Waals surface area contributed by atoms with Gasteiger partial charge in [0.25, 0.3) is 5.91 Å². The van der Waals surface area contributed by atoms with Crippen LogP contribution in [0.5, 0.6) is 0 Å². The van der Waals surface area contributed by atoms with E-state index in [0.717, 1.165) is 36.4 Å². The van der Waals surface area contributed by atoms with Gasteiger partial charge >= 0.3 is 5.97 Å². The Kier molecular flexibility index (Phi) is 15.0. The standard InChI is InChI=1S/C13H18Cl2N2O2.C12H19N3O/c14-5-7-17(8-6-15)11-3-1-10(2-4-11)9-12(16)13(18)19;1-9(2)15-12(16)11-6-4-10(5-7-11)8-14-13-3/h1-4,12H,5-9,16H2,(H,18,19);4-7,9,13-14H,8H2,1-3H3,(H,15,16)/t12-;/m0./s1. The van der Waals surface area contributed by atoms with E-state index in [0.29, 0.717) is 23.7 Å². The molecule has 0 saturated carbocycles. The van der Waals surface area contributed by atoms with Crippen LogP contribution in [0.2, 0.25) is 0 Å². The van der Waals surface area contributed by atoms with Crippen LogP contribution in [0.25, 0.3) is 0 Å². The first-order valence-corrected chi connectivity index (χ1v) is 12.5. The number of alkyl halides is 2. The number of rotatable bonds is 13. The monoisotopic (exact) mass is 525 g/mol. The third-order valence-electron chi connectivity index (χ3n) is 4.89. The predicted molar refractivity (Wildman–Crippen MR) is 144 cm³/mol. The molecule has 0 unspecified atom stereocenters. The number of carbonyl (C=O) groups is 2. The fraction of sp³-hybridized carbons (Fsp3) is 0.440. The molecule has 10 heteroatoms. The summed E-state index contributed by atoms with van der Waals surface area (Å²) >= 11 is 11.5. The number of nitrogens with zero attached hydrogens (tertiary/aromatic N) is 1. The van der Waals surface area contributed by atoms with Crippen LogP contribution in [0.3, 0.4) is 0 Å². The van der Waals surface area contributed by atoms with Gasteiger partial charge in [-0.1, -0.05) is 24.3 Å². The summed E-state index contributed by atoms with van der Waals surface area (Å²) in [6.45, 7) is 6.08. The predicted octanol–water partition coefficient (Wildman–Crippen LogP) is 2.97. The van der Waals surface area contributed by atoms with Crippen molar-refractivity contribution in [2.45, 2.75) is 38.9 Å². The van der Waals surface area contributed by atoms with E-state index < -0.39 is 12.0 Å². The number of anilines is 1. The van der Waals surface area contributed by atoms with Crippen LogP contribution in [0, 0.1) is 0 Å². The lowest BCUT2D eigenvalue weighted by Gasteiger charge is -2.23. The van der Waals surface area contributed by atoms with Crippen molar-refractivity contribution in [2.24, 2.45) is 5.73 Å². The number of hydrazine groups is 1. The molecule has 2 rings (SSSR count). The topological polar surface area (TPSA) is 120 Å². The average molecular weight is 527 g/mol. The highest BCUT2D eigenvalue weighted by molar-refractivity contribution is 6.18. The highest BCUT2D eigenvalue weighted by Crippen LogP contribution is 2.16. The van der Waals surface area contributed by atoms with Crippen LogP contribution in [-0.2, 0) is 17.8 Å². The molecule has 6 N–H and O–H groups in total. The minimum absolute atomic E-state index is 0.0249. The summed E-state index contributed by atoms with van der Waals surface area (Å²) in [5.74, 6) is 0.0449. The summed E-state index contributed by atoms with van der Waals surface area (Å²) in [5, 5.41) is 11.6. The summed E-state index contributed by atoms with van der Waals surface area (Å²) < 4.78 is 0. The Morgan fingerprint density at radius 2 is 1.51 bits per heavy atom. The van der Waals surface area contributed by atoms with Crippen molar-refractivity contribution in [1.82, 2.24) is 16.2 Å². The Morgan fingerprint density at radius 1 is 0.971 bits per heavy atom. The van der Waals surface area contributed by atoms with E-state index in [-0.39, 0.29) is 11.9 Å². The number of halogens is 2. The van der Waals surface area contributed by atoms with E-state index >= 15 is 0 Å². The van der Waals surface area contributed by atoms with Crippen molar-refractivity contribution in [3.05, 3.63) is 65.2 Å². The SMILES string of the molecule is CNNCc1ccc(C(=O)NC(C)C)cc1.N[C@@H](Cc1ccc(N(CCCl)CCCl)cc1)C(=O)O. The Labute approximate surface area is 218 Å². The average Bonchev–Trinajstić information content (AvgIpc) is 2.83. The first-order chi connectivity index (χ1) is 16.7. The van der Waals surface area contributed by atoms with E-state index in [4.69, 9.17) is 34.0 Å². The van der Waals surface area contributed by atoms with Gasteiger partial charge in [0.2, 0.25) is 0 Å². The van der Waals surface area contributed by atoms with Crippen molar-refractivity contribution in [2.75, 3.05) is 36.8 Å². The molecule has 0 aliphatic rings. The van der Waals surface area contributed by atoms with Gasteiger partial charge in [-0.15, -0.1) is 23.2 Å². The van der Waals surface area contributed by atoms with Gasteiger partial charge in [-0.25, -0.2) is 0 Å². The molecule has 0 bridgehead atoms. The van der Waals surface area contributed by atoms with Crippen LogP contribution >= 0.6 is 23.2 Å². The summed E-state index contributed by atoms with van der Waals surface area (Å²) in [5.41, 5.74) is 15.1. The molecule has 2 aromatic carbocycles. The van der Waals surface area contributed by atoms with Gasteiger partial charge in [0.1, 0.15) is 6.04 Å². The van der Waals surface area contributed by atoms with Gasteiger partial charge in [-0.05, 0) is 62.7 Å². The number of hydrogen-bond donors (Lipinski definition) is 5. The number of amides is 1. The number of aliphatic carboxylic acids is 1. The highest BCUT2D eigenvalue weighted by Gasteiger charge is 2.12. The number of benzene rings is 2. The second-order valence-electron chi connectivity index (χ2n) is 8.11. The second-order valence-corrected chi connectivity index (χ2v) is 8.86. The Morgan fingerprint density at radius 3 is 1.97 bits per heavy atom. The zero-order valence-electron chi connectivity index (χ0n) is 20.6. The van der Waals surface area contributed by atoms with Gasteiger partial charge in [0.15, 0.2) is 0 Å². The van der Waals surface area contributed by atoms with Crippen molar-refractivity contribution in [3.63, 3.8) is 0 Å². The van der Waals surface area contributed by atoms with Crippen LogP contribution in [0.15, 0.2) is 48.5 Å². The van der Waals surface area contributed by atoms with Crippen LogP contribution < -0.4 is 26.8 Å². The number of carbonyl (C=O) groups excluding carboxylic acids is 1. The molecule has 1 amide bonds. The van der Waals surface area contributed by atoms with Gasteiger partial charge in [-0.2, -0.15) is 0 Å². The van der Waals surface area contributed by atoms with E-state index in [1.54, 1.807) is 0 Å². The molecule has 0 radical (unpaired) electrons. The summed E-state index contributed by atoms with van der Waals surface area (Å²) in [6.07, 6.45) is 0.320. The first-order valence-electron chi connectivity index (χ1n) is 11.4.